The zero-order valence-electron chi connectivity index (χ0n) is 20.2. The number of rotatable bonds is 5. The number of aliphatic hydroxyl groups is 1. The molecule has 1 heterocycles. The molecule has 1 saturated heterocycles. The van der Waals surface area contributed by atoms with Gasteiger partial charge in [-0.15, -0.1) is 0 Å². The average molecular weight is 494 g/mol. The Hall–Kier alpha value is -4.91. The highest BCUT2D eigenvalue weighted by Crippen LogP contribution is 2.43. The molecule has 184 valence electrons. The summed E-state index contributed by atoms with van der Waals surface area (Å²) in [4.78, 5) is 39.6. The van der Waals surface area contributed by atoms with Gasteiger partial charge in [0.1, 0.15) is 17.3 Å². The predicted molar refractivity (Wildman–Crippen MR) is 139 cm³/mol. The van der Waals surface area contributed by atoms with Crippen LogP contribution in [-0.4, -0.2) is 29.9 Å². The molecule has 1 unspecified atom stereocenters. The fourth-order valence-electron chi connectivity index (χ4n) is 4.62. The zero-order valence-corrected chi connectivity index (χ0v) is 20.2. The van der Waals surface area contributed by atoms with Gasteiger partial charge in [-0.2, -0.15) is 0 Å². The number of esters is 1. The lowest BCUT2D eigenvalue weighted by atomic mass is 9.93. The number of amides is 1. The Morgan fingerprint density at radius 2 is 1.49 bits per heavy atom. The first-order valence-electron chi connectivity index (χ1n) is 11.6. The molecule has 1 amide bonds. The van der Waals surface area contributed by atoms with E-state index in [9.17, 15) is 19.5 Å². The van der Waals surface area contributed by atoms with E-state index in [-0.39, 0.29) is 11.3 Å². The van der Waals surface area contributed by atoms with Crippen LogP contribution in [0.3, 0.4) is 0 Å². The number of fused-ring (bicyclic) bond motifs is 1. The van der Waals surface area contributed by atoms with E-state index < -0.39 is 23.7 Å². The van der Waals surface area contributed by atoms with E-state index in [2.05, 4.69) is 0 Å². The number of ketones is 1. The van der Waals surface area contributed by atoms with E-state index in [1.807, 2.05) is 30.3 Å². The largest absolute Gasteiger partial charge is 0.507 e. The summed E-state index contributed by atoms with van der Waals surface area (Å²) in [6, 6.07) is 25.3. The molecule has 0 saturated carbocycles. The molecular weight excluding hydrogens is 470 g/mol. The Morgan fingerprint density at radius 3 is 2.16 bits per heavy atom. The smallest absolute Gasteiger partial charge is 0.308 e. The van der Waals surface area contributed by atoms with Gasteiger partial charge >= 0.3 is 5.97 Å². The molecular formula is C30H23NO6. The monoisotopic (exact) mass is 493 g/mol. The van der Waals surface area contributed by atoms with Crippen molar-refractivity contribution in [3.63, 3.8) is 0 Å². The maximum atomic E-state index is 13.5. The van der Waals surface area contributed by atoms with Crippen LogP contribution in [0.25, 0.3) is 16.5 Å². The van der Waals surface area contributed by atoms with Crippen molar-refractivity contribution < 1.29 is 29.0 Å². The standard InChI is InChI=1S/C30H23NO6/c1-18(32)37-23-14-10-20(11-15-23)27-26(28(33)25-9-5-7-19-6-3-4-8-24(19)25)29(34)30(35)31(27)21-12-16-22(36-2)17-13-21/h3-17,27,33H,1-2H3/b28-26-. The number of anilines is 1. The van der Waals surface area contributed by atoms with E-state index >= 15 is 0 Å². The Kier molecular flexibility index (Phi) is 6.19. The second-order valence-electron chi connectivity index (χ2n) is 8.56. The number of benzene rings is 4. The van der Waals surface area contributed by atoms with Crippen LogP contribution in [0.2, 0.25) is 0 Å². The van der Waals surface area contributed by atoms with Crippen LogP contribution >= 0.6 is 0 Å². The summed E-state index contributed by atoms with van der Waals surface area (Å²) in [6.45, 7) is 1.30. The third kappa shape index (κ3) is 4.31. The molecule has 0 aliphatic carbocycles. The highest BCUT2D eigenvalue weighted by Gasteiger charge is 2.47. The molecule has 1 aliphatic rings. The lowest BCUT2D eigenvalue weighted by molar-refractivity contribution is -0.132. The summed E-state index contributed by atoms with van der Waals surface area (Å²) >= 11 is 0. The molecule has 1 aliphatic heterocycles. The van der Waals surface area contributed by atoms with Gasteiger partial charge in [0.15, 0.2) is 0 Å². The SMILES string of the molecule is COc1ccc(N2C(=O)C(=O)/C(=C(\O)c3cccc4ccccc34)C2c2ccc(OC(C)=O)cc2)cc1. The van der Waals surface area contributed by atoms with E-state index in [4.69, 9.17) is 9.47 Å². The molecule has 7 heteroatoms. The molecule has 1 atom stereocenters. The highest BCUT2D eigenvalue weighted by atomic mass is 16.5. The molecule has 1 N–H and O–H groups in total. The first-order valence-corrected chi connectivity index (χ1v) is 11.6. The van der Waals surface area contributed by atoms with Crippen molar-refractivity contribution in [2.75, 3.05) is 12.0 Å². The molecule has 4 aromatic rings. The van der Waals surface area contributed by atoms with Crippen molar-refractivity contribution in [2.45, 2.75) is 13.0 Å². The van der Waals surface area contributed by atoms with Gasteiger partial charge in [-0.05, 0) is 52.7 Å². The Bertz CT molecular complexity index is 1550. The van der Waals surface area contributed by atoms with Crippen molar-refractivity contribution in [3.8, 4) is 11.5 Å². The lowest BCUT2D eigenvalue weighted by Crippen LogP contribution is -2.29. The van der Waals surface area contributed by atoms with Crippen molar-refractivity contribution >= 4 is 39.9 Å². The zero-order chi connectivity index (χ0) is 26.1. The molecule has 4 aromatic carbocycles. The predicted octanol–water partition coefficient (Wildman–Crippen LogP) is 5.40. The van der Waals surface area contributed by atoms with E-state index in [1.54, 1.807) is 60.7 Å². The van der Waals surface area contributed by atoms with Gasteiger partial charge in [0, 0.05) is 18.2 Å². The van der Waals surface area contributed by atoms with Crippen LogP contribution in [0.5, 0.6) is 11.5 Å². The quantitative estimate of drug-likeness (QED) is 0.132. The molecule has 1 fully saturated rings. The van der Waals surface area contributed by atoms with Gasteiger partial charge < -0.3 is 14.6 Å². The third-order valence-electron chi connectivity index (χ3n) is 6.30. The average Bonchev–Trinajstić information content (AvgIpc) is 3.18. The van der Waals surface area contributed by atoms with Crippen molar-refractivity contribution in [3.05, 3.63) is 108 Å². The van der Waals surface area contributed by atoms with Gasteiger partial charge in [-0.1, -0.05) is 54.6 Å². The summed E-state index contributed by atoms with van der Waals surface area (Å²) in [6.07, 6.45) is 0. The minimum absolute atomic E-state index is 0.0302. The van der Waals surface area contributed by atoms with Crippen molar-refractivity contribution in [1.29, 1.82) is 0 Å². The fraction of sp³-hybridized carbons (Fsp3) is 0.100. The number of hydrogen-bond acceptors (Lipinski definition) is 6. The van der Waals surface area contributed by atoms with Crippen LogP contribution < -0.4 is 14.4 Å². The van der Waals surface area contributed by atoms with Crippen LogP contribution in [-0.2, 0) is 14.4 Å². The first kappa shape index (κ1) is 23.8. The first-order chi connectivity index (χ1) is 17.9. The number of nitrogens with zero attached hydrogens (tertiary/aromatic N) is 1. The van der Waals surface area contributed by atoms with Crippen LogP contribution in [0, 0.1) is 0 Å². The molecule has 5 rings (SSSR count). The number of carbonyl (C=O) groups is 3. The Morgan fingerprint density at radius 1 is 0.838 bits per heavy atom. The van der Waals surface area contributed by atoms with Gasteiger partial charge in [0.05, 0.1) is 18.7 Å². The van der Waals surface area contributed by atoms with E-state index in [0.717, 1.165) is 10.8 Å². The fourth-order valence-corrected chi connectivity index (χ4v) is 4.62. The maximum Gasteiger partial charge on any atom is 0.308 e. The number of hydrogen-bond donors (Lipinski definition) is 1. The van der Waals surface area contributed by atoms with Crippen LogP contribution in [0.1, 0.15) is 24.1 Å². The number of carbonyl (C=O) groups excluding carboxylic acids is 3. The van der Waals surface area contributed by atoms with E-state index in [1.165, 1.54) is 18.9 Å². The van der Waals surface area contributed by atoms with Gasteiger partial charge in [-0.3, -0.25) is 19.3 Å². The molecule has 0 aromatic heterocycles. The van der Waals surface area contributed by atoms with Gasteiger partial charge in [0.2, 0.25) is 0 Å². The molecule has 0 spiro atoms. The van der Waals surface area contributed by atoms with E-state index in [0.29, 0.717) is 28.3 Å². The third-order valence-corrected chi connectivity index (χ3v) is 6.30. The molecule has 0 bridgehead atoms. The topological polar surface area (TPSA) is 93.1 Å². The highest BCUT2D eigenvalue weighted by molar-refractivity contribution is 6.51. The molecule has 37 heavy (non-hydrogen) atoms. The number of ether oxygens (including phenoxy) is 2. The van der Waals surface area contributed by atoms with Crippen LogP contribution in [0.4, 0.5) is 5.69 Å². The number of Topliss-reactive ketones (excluding diaryl/α,β-unsaturated/α-hetero) is 1. The minimum atomic E-state index is -0.918. The molecule has 7 nitrogen and oxygen atoms in total. The second kappa shape index (κ2) is 9.62. The minimum Gasteiger partial charge on any atom is -0.507 e. The normalized spacial score (nSPS) is 16.7. The Balaban J connectivity index is 1.71. The van der Waals surface area contributed by atoms with Crippen molar-refractivity contribution in [1.82, 2.24) is 0 Å². The number of methoxy groups -OCH3 is 1. The molecule has 0 radical (unpaired) electrons. The lowest BCUT2D eigenvalue weighted by Gasteiger charge is -2.26. The van der Waals surface area contributed by atoms with Crippen molar-refractivity contribution in [2.24, 2.45) is 0 Å². The summed E-state index contributed by atoms with van der Waals surface area (Å²) in [5.74, 6) is -1.37. The van der Waals surface area contributed by atoms with Crippen LogP contribution in [0.15, 0.2) is 96.6 Å². The van der Waals surface area contributed by atoms with Gasteiger partial charge in [0.25, 0.3) is 11.7 Å². The summed E-state index contributed by atoms with van der Waals surface area (Å²) < 4.78 is 10.4. The Labute approximate surface area is 213 Å². The summed E-state index contributed by atoms with van der Waals surface area (Å²) in [5.41, 5.74) is 1.45. The maximum absolute atomic E-state index is 13.5. The second-order valence-corrected chi connectivity index (χ2v) is 8.56. The number of aliphatic hydroxyl groups excluding tert-OH is 1. The summed E-state index contributed by atoms with van der Waals surface area (Å²) in [5, 5.41) is 13.2. The summed E-state index contributed by atoms with van der Waals surface area (Å²) in [7, 11) is 1.54. The van der Waals surface area contributed by atoms with Gasteiger partial charge in [-0.25, -0.2) is 0 Å².